The third-order valence-corrected chi connectivity index (χ3v) is 4.42. The van der Waals surface area contributed by atoms with Crippen LogP contribution < -0.4 is 17.8 Å². The molecule has 11 nitrogen and oxygen atoms in total. The molecule has 32 heavy (non-hydrogen) atoms. The summed E-state index contributed by atoms with van der Waals surface area (Å²) in [6.07, 6.45) is 3.05. The van der Waals surface area contributed by atoms with Gasteiger partial charge in [0.2, 0.25) is 6.33 Å². The summed E-state index contributed by atoms with van der Waals surface area (Å²) < 4.78 is 5.51. The van der Waals surface area contributed by atoms with Crippen molar-refractivity contribution in [2.75, 3.05) is 0 Å². The summed E-state index contributed by atoms with van der Waals surface area (Å²) in [5.41, 5.74) is 2.55. The Morgan fingerprint density at radius 2 is 1.41 bits per heavy atom. The molecule has 0 aliphatic rings. The largest absolute Gasteiger partial charge is 0.286 e. The Labute approximate surface area is 210 Å². The Hall–Kier alpha value is -2.09. The molecular formula is C18H14I3N9O2. The SMILES string of the molecule is I[I-]I.O=C(Cn1c[n+](CC(=O)n2nnc3ccccc32)cn1)n1nnc2ccccc21. The molecule has 14 heteroatoms. The summed E-state index contributed by atoms with van der Waals surface area (Å²) in [4.78, 5) is 25.1. The van der Waals surface area contributed by atoms with E-state index in [9.17, 15) is 9.59 Å². The Bertz CT molecular complexity index is 1290. The number of carbonyl (C=O) groups excluding carboxylic acids is 2. The van der Waals surface area contributed by atoms with Gasteiger partial charge in [-0.05, 0) is 24.3 Å². The van der Waals surface area contributed by atoms with E-state index in [1.165, 1.54) is 20.4 Å². The smallest absolute Gasteiger partial charge is 0.269 e. The molecule has 0 saturated heterocycles. The van der Waals surface area contributed by atoms with E-state index in [-0.39, 0.29) is 24.9 Å². The third-order valence-electron chi connectivity index (χ3n) is 4.42. The number of hydrogen-bond donors (Lipinski definition) is 0. The van der Waals surface area contributed by atoms with E-state index in [1.54, 1.807) is 35.2 Å². The number of benzene rings is 2. The van der Waals surface area contributed by atoms with Crippen LogP contribution in [-0.2, 0) is 13.1 Å². The van der Waals surface area contributed by atoms with E-state index in [2.05, 4.69) is 63.0 Å². The Kier molecular flexibility index (Phi) is 7.71. The van der Waals surface area contributed by atoms with Gasteiger partial charge in [0, 0.05) is 5.10 Å². The maximum Gasteiger partial charge on any atom is 0.286 e. The minimum absolute atomic E-state index is 0.00774. The first kappa shape index (κ1) is 23.1. The molecule has 0 amide bonds. The molecule has 0 atom stereocenters. The van der Waals surface area contributed by atoms with Gasteiger partial charge < -0.3 is 0 Å². The second kappa shape index (κ2) is 10.7. The summed E-state index contributed by atoms with van der Waals surface area (Å²) in [6, 6.07) is 14.4. The number of nitrogens with zero attached hydrogens (tertiary/aromatic N) is 9. The van der Waals surface area contributed by atoms with Gasteiger partial charge in [0.15, 0.2) is 13.1 Å². The molecule has 0 bridgehead atoms. The first-order chi connectivity index (χ1) is 15.6. The maximum absolute atomic E-state index is 12.6. The van der Waals surface area contributed by atoms with Crippen molar-refractivity contribution in [2.24, 2.45) is 0 Å². The molecule has 0 spiro atoms. The van der Waals surface area contributed by atoms with Crippen molar-refractivity contribution in [3.05, 3.63) is 61.2 Å². The van der Waals surface area contributed by atoms with Gasteiger partial charge in [-0.3, -0.25) is 9.59 Å². The molecule has 3 aromatic heterocycles. The monoisotopic (exact) mass is 769 g/mol. The van der Waals surface area contributed by atoms with Gasteiger partial charge in [-0.1, -0.05) is 34.7 Å². The normalized spacial score (nSPS) is 10.9. The standard InChI is InChI=1S/C18H14N9O2.I3/c28-17(26-15-7-3-1-5-13(15)20-22-26)9-24-11-19-25(12-24)10-18(29)27-16-8-4-2-6-14(16)21-23-27;1-3-2/h1-8,11-12H,9-10H2;/q+1;-1. The molecule has 0 unspecified atom stereocenters. The molecule has 3 heterocycles. The van der Waals surface area contributed by atoms with Crippen molar-refractivity contribution in [2.45, 2.75) is 13.1 Å². The Balaban J connectivity index is 0.000000775. The van der Waals surface area contributed by atoms with Crippen molar-refractivity contribution in [3.63, 3.8) is 0 Å². The molecule has 5 rings (SSSR count). The van der Waals surface area contributed by atoms with Crippen LogP contribution in [-0.4, -0.2) is 51.6 Å². The topological polar surface area (TPSA) is 117 Å². The number of rotatable bonds is 4. The molecule has 164 valence electrons. The van der Waals surface area contributed by atoms with Gasteiger partial charge in [0.1, 0.15) is 11.0 Å². The summed E-state index contributed by atoms with van der Waals surface area (Å²) in [5, 5.41) is 19.9. The molecule has 0 aliphatic carbocycles. The van der Waals surface area contributed by atoms with Crippen molar-refractivity contribution in [1.29, 1.82) is 0 Å². The van der Waals surface area contributed by atoms with Crippen LogP contribution in [0.5, 0.6) is 0 Å². The minimum atomic E-state index is -0.289. The van der Waals surface area contributed by atoms with Crippen molar-refractivity contribution < 1.29 is 27.4 Å². The van der Waals surface area contributed by atoms with Crippen molar-refractivity contribution in [1.82, 2.24) is 39.8 Å². The van der Waals surface area contributed by atoms with Gasteiger partial charge in [0.05, 0.1) is 11.0 Å². The average molecular weight is 769 g/mol. The molecular weight excluding hydrogens is 755 g/mol. The summed E-state index contributed by atoms with van der Waals surface area (Å²) >= 11 is 5.30. The van der Waals surface area contributed by atoms with Crippen LogP contribution in [0.3, 0.4) is 0 Å². The van der Waals surface area contributed by atoms with Crippen molar-refractivity contribution in [3.8, 4) is 0 Å². The number of hydrogen-bond acceptors (Lipinski definition) is 7. The van der Waals surface area contributed by atoms with Crippen LogP contribution in [0.4, 0.5) is 0 Å². The fourth-order valence-electron chi connectivity index (χ4n) is 3.06. The second-order valence-corrected chi connectivity index (χ2v) is 22.7. The first-order valence-electron chi connectivity index (χ1n) is 9.06. The van der Waals surface area contributed by atoms with Crippen LogP contribution in [0, 0.1) is 0 Å². The molecule has 2 aromatic carbocycles. The third kappa shape index (κ3) is 5.11. The van der Waals surface area contributed by atoms with Gasteiger partial charge in [-0.2, -0.15) is 9.36 Å². The number of para-hydroxylation sites is 2. The van der Waals surface area contributed by atoms with E-state index < -0.39 is 0 Å². The zero-order valence-corrected chi connectivity index (χ0v) is 22.6. The van der Waals surface area contributed by atoms with Crippen molar-refractivity contribution >= 4 is 71.1 Å². The van der Waals surface area contributed by atoms with E-state index in [1.807, 2.05) is 24.3 Å². The zero-order valence-electron chi connectivity index (χ0n) is 16.2. The quantitative estimate of drug-likeness (QED) is 0.172. The first-order valence-corrected chi connectivity index (χ1v) is 21.6. The Morgan fingerprint density at radius 3 is 2.00 bits per heavy atom. The van der Waals surface area contributed by atoms with Gasteiger partial charge in [-0.15, -0.1) is 14.9 Å². The second-order valence-electron chi connectivity index (χ2n) is 6.44. The van der Waals surface area contributed by atoms with Crippen LogP contribution in [0.15, 0.2) is 61.2 Å². The molecule has 0 radical (unpaired) electrons. The number of fused-ring (bicyclic) bond motifs is 2. The zero-order chi connectivity index (χ0) is 22.5. The Morgan fingerprint density at radius 1 is 0.875 bits per heavy atom. The van der Waals surface area contributed by atoms with E-state index >= 15 is 0 Å². The van der Waals surface area contributed by atoms with Gasteiger partial charge >= 0.3 is 50.5 Å². The molecule has 5 aromatic rings. The maximum atomic E-state index is 12.6. The fourth-order valence-corrected chi connectivity index (χ4v) is 3.06. The predicted octanol–water partition coefficient (Wildman–Crippen LogP) is -0.884. The van der Waals surface area contributed by atoms with E-state index in [4.69, 9.17) is 0 Å². The molecule has 0 aliphatic heterocycles. The summed E-state index contributed by atoms with van der Waals surface area (Å²) in [5.74, 6) is -0.556. The molecule has 0 saturated carbocycles. The predicted molar refractivity (Wildman–Crippen MR) is 127 cm³/mol. The number of aromatic nitrogens is 9. The van der Waals surface area contributed by atoms with Crippen LogP contribution >= 0.6 is 37.2 Å². The summed E-state index contributed by atoms with van der Waals surface area (Å²) in [6.45, 7) is -0.0331. The molecule has 0 fully saturated rings. The van der Waals surface area contributed by atoms with Gasteiger partial charge in [0.25, 0.3) is 18.1 Å². The molecule has 0 N–H and O–H groups in total. The van der Waals surface area contributed by atoms with Crippen LogP contribution in [0.1, 0.15) is 9.59 Å². The van der Waals surface area contributed by atoms with Crippen LogP contribution in [0.2, 0.25) is 0 Å². The minimum Gasteiger partial charge on any atom is -0.269 e. The van der Waals surface area contributed by atoms with Crippen LogP contribution in [0.25, 0.3) is 22.1 Å². The summed E-state index contributed by atoms with van der Waals surface area (Å²) in [7, 11) is 0. The number of halogens is 3. The fraction of sp³-hybridized carbons (Fsp3) is 0.111. The number of carbonyl (C=O) groups is 2. The van der Waals surface area contributed by atoms with E-state index in [0.717, 1.165) is 0 Å². The average Bonchev–Trinajstić information content (AvgIpc) is 3.52. The van der Waals surface area contributed by atoms with Gasteiger partial charge in [-0.25, -0.2) is 4.57 Å². The van der Waals surface area contributed by atoms with E-state index in [0.29, 0.717) is 35.3 Å².